The van der Waals surface area contributed by atoms with E-state index in [9.17, 15) is 24.7 Å². The van der Waals surface area contributed by atoms with Gasteiger partial charge >= 0.3 is 5.97 Å². The normalized spacial score (nSPS) is 20.6. The standard InChI is InChI=1S/C16H15N9O5S2/c17-7-3-4-8(22-21-7)31-6-2-1-5-9(14(27)25(5)11(6)15(28)29)19-13(26)10(23-30)12-20-16(18)32-24-12/h3-5,9,30H,1-2H2,(H2,17,21)(H,19,26)(H,28,29)(H2,18,20,24)/b23-10-/t5?,9-/m0/s1. The number of nitrogen functional groups attached to an aromatic ring is 2. The highest BCUT2D eigenvalue weighted by molar-refractivity contribution is 8.03. The summed E-state index contributed by atoms with van der Waals surface area (Å²) in [5, 5.41) is 32.4. The van der Waals surface area contributed by atoms with Crippen LogP contribution in [0.25, 0.3) is 0 Å². The molecule has 2 aromatic heterocycles. The number of rotatable bonds is 6. The molecule has 4 rings (SSSR count). The van der Waals surface area contributed by atoms with E-state index in [4.69, 9.17) is 11.5 Å². The number of aliphatic carboxylic acids is 1. The van der Waals surface area contributed by atoms with Gasteiger partial charge in [0, 0.05) is 16.4 Å². The molecule has 2 aromatic rings. The second kappa shape index (κ2) is 8.39. The van der Waals surface area contributed by atoms with E-state index >= 15 is 0 Å². The molecule has 2 atom stereocenters. The lowest BCUT2D eigenvalue weighted by Crippen LogP contribution is -2.72. The quantitative estimate of drug-likeness (QED) is 0.150. The fourth-order valence-corrected chi connectivity index (χ4v) is 4.78. The van der Waals surface area contributed by atoms with Crippen molar-refractivity contribution in [3.8, 4) is 0 Å². The van der Waals surface area contributed by atoms with Crippen LogP contribution in [-0.4, -0.2) is 70.3 Å². The second-order valence-electron chi connectivity index (χ2n) is 6.65. The molecular formula is C16H15N9O5S2. The lowest BCUT2D eigenvalue weighted by Gasteiger charge is -2.50. The maximum absolute atomic E-state index is 12.7. The number of aromatic nitrogens is 4. The molecule has 7 N–H and O–H groups in total. The fourth-order valence-electron chi connectivity index (χ4n) is 3.37. The van der Waals surface area contributed by atoms with Crippen LogP contribution >= 0.6 is 23.3 Å². The second-order valence-corrected chi connectivity index (χ2v) is 8.54. The molecule has 0 aromatic carbocycles. The van der Waals surface area contributed by atoms with Gasteiger partial charge < -0.3 is 27.1 Å². The Labute approximate surface area is 187 Å². The van der Waals surface area contributed by atoms with Crippen LogP contribution in [0.1, 0.15) is 18.7 Å². The van der Waals surface area contributed by atoms with Gasteiger partial charge in [0.05, 0.1) is 6.04 Å². The van der Waals surface area contributed by atoms with Crippen molar-refractivity contribution >= 4 is 57.7 Å². The molecule has 0 radical (unpaired) electrons. The molecule has 16 heteroatoms. The number of nitrogens with zero attached hydrogens (tertiary/aromatic N) is 6. The van der Waals surface area contributed by atoms with Crippen LogP contribution in [0.3, 0.4) is 0 Å². The van der Waals surface area contributed by atoms with Crippen molar-refractivity contribution in [2.24, 2.45) is 5.16 Å². The van der Waals surface area contributed by atoms with Crippen molar-refractivity contribution in [2.45, 2.75) is 30.0 Å². The van der Waals surface area contributed by atoms with Crippen molar-refractivity contribution < 1.29 is 24.7 Å². The Morgan fingerprint density at radius 3 is 2.69 bits per heavy atom. The Morgan fingerprint density at radius 1 is 1.31 bits per heavy atom. The molecule has 0 saturated carbocycles. The van der Waals surface area contributed by atoms with Crippen molar-refractivity contribution in [3.05, 3.63) is 28.6 Å². The van der Waals surface area contributed by atoms with E-state index in [0.717, 1.165) is 28.2 Å². The van der Waals surface area contributed by atoms with E-state index in [1.54, 1.807) is 6.07 Å². The number of carbonyl (C=O) groups excluding carboxylic acids is 2. The third-order valence-corrected chi connectivity index (χ3v) is 6.35. The van der Waals surface area contributed by atoms with Gasteiger partial charge in [-0.05, 0) is 25.0 Å². The van der Waals surface area contributed by atoms with E-state index in [0.29, 0.717) is 22.8 Å². The third kappa shape index (κ3) is 3.80. The van der Waals surface area contributed by atoms with Crippen molar-refractivity contribution in [1.82, 2.24) is 29.8 Å². The summed E-state index contributed by atoms with van der Waals surface area (Å²) in [6.45, 7) is 0. The van der Waals surface area contributed by atoms with Gasteiger partial charge in [-0.3, -0.25) is 14.5 Å². The molecule has 1 fully saturated rings. The first-order valence-electron chi connectivity index (χ1n) is 8.99. The topological polar surface area (TPSA) is 223 Å². The van der Waals surface area contributed by atoms with Crippen LogP contribution in [0.5, 0.6) is 0 Å². The third-order valence-electron chi connectivity index (χ3n) is 4.74. The lowest BCUT2D eigenvalue weighted by atomic mass is 9.86. The number of amides is 2. The van der Waals surface area contributed by atoms with E-state index in [1.807, 2.05) is 0 Å². The van der Waals surface area contributed by atoms with Crippen molar-refractivity contribution in [3.63, 3.8) is 0 Å². The first kappa shape index (κ1) is 21.4. The van der Waals surface area contributed by atoms with Crippen molar-refractivity contribution in [2.75, 3.05) is 11.5 Å². The van der Waals surface area contributed by atoms with Gasteiger partial charge in [0.2, 0.25) is 11.5 Å². The van der Waals surface area contributed by atoms with Gasteiger partial charge in [-0.1, -0.05) is 16.9 Å². The first-order chi connectivity index (χ1) is 15.3. The average molecular weight is 477 g/mol. The summed E-state index contributed by atoms with van der Waals surface area (Å²) in [6.07, 6.45) is 0.732. The number of carboxylic acid groups (broad SMARTS) is 1. The number of allylic oxidation sites excluding steroid dienone is 1. The minimum atomic E-state index is -1.28. The Morgan fingerprint density at radius 2 is 2.09 bits per heavy atom. The van der Waals surface area contributed by atoms with Crippen LogP contribution in [0.2, 0.25) is 0 Å². The van der Waals surface area contributed by atoms with Crippen LogP contribution in [0, 0.1) is 0 Å². The summed E-state index contributed by atoms with van der Waals surface area (Å²) < 4.78 is 3.80. The summed E-state index contributed by atoms with van der Waals surface area (Å²) in [5.74, 6) is -2.73. The Kier molecular flexibility index (Phi) is 5.62. The number of hydrogen-bond donors (Lipinski definition) is 5. The van der Waals surface area contributed by atoms with Gasteiger partial charge in [0.15, 0.2) is 5.13 Å². The van der Waals surface area contributed by atoms with Gasteiger partial charge in [-0.25, -0.2) is 4.79 Å². The van der Waals surface area contributed by atoms with E-state index < -0.39 is 35.6 Å². The SMILES string of the molecule is Nc1ccc(SC2=C(C(=O)O)N3C(=O)[C@@H](NC(=O)/C(=N\O)c4nsc(N)n4)C3CC2)nn1. The number of fused-ring (bicyclic) bond motifs is 1. The number of β-lactam (4-membered cyclic amide) rings is 1. The number of thioether (sulfide) groups is 1. The van der Waals surface area contributed by atoms with Gasteiger partial charge in [0.25, 0.3) is 11.8 Å². The monoisotopic (exact) mass is 477 g/mol. The maximum Gasteiger partial charge on any atom is 0.353 e. The minimum absolute atomic E-state index is 0.0687. The van der Waals surface area contributed by atoms with Crippen LogP contribution < -0.4 is 16.8 Å². The molecule has 4 heterocycles. The van der Waals surface area contributed by atoms with Gasteiger partial charge in [-0.2, -0.15) is 9.36 Å². The highest BCUT2D eigenvalue weighted by atomic mass is 32.2. The maximum atomic E-state index is 12.7. The molecule has 14 nitrogen and oxygen atoms in total. The largest absolute Gasteiger partial charge is 0.477 e. The summed E-state index contributed by atoms with van der Waals surface area (Å²) in [5.41, 5.74) is 10.3. The number of carbonyl (C=O) groups is 3. The number of anilines is 2. The number of oxime groups is 1. The highest BCUT2D eigenvalue weighted by Gasteiger charge is 2.54. The number of nitrogens with one attached hydrogen (secondary N) is 1. The Hall–Kier alpha value is -3.79. The van der Waals surface area contributed by atoms with Crippen LogP contribution in [-0.2, 0) is 14.4 Å². The zero-order valence-corrected chi connectivity index (χ0v) is 17.6. The molecule has 0 bridgehead atoms. The highest BCUT2D eigenvalue weighted by Crippen LogP contribution is 2.42. The number of nitrogens with two attached hydrogens (primary N) is 2. The minimum Gasteiger partial charge on any atom is -0.477 e. The predicted molar refractivity (Wildman–Crippen MR) is 111 cm³/mol. The predicted octanol–water partition coefficient (Wildman–Crippen LogP) is -0.751. The Bertz CT molecular complexity index is 1160. The molecule has 2 aliphatic rings. The molecule has 1 saturated heterocycles. The van der Waals surface area contributed by atoms with Gasteiger partial charge in [-0.15, -0.1) is 10.2 Å². The first-order valence-corrected chi connectivity index (χ1v) is 10.6. The molecule has 0 spiro atoms. The van der Waals surface area contributed by atoms with Crippen LogP contribution in [0.4, 0.5) is 10.9 Å². The summed E-state index contributed by atoms with van der Waals surface area (Å²) >= 11 is 1.89. The lowest BCUT2D eigenvalue weighted by molar-refractivity contribution is -0.155. The molecule has 32 heavy (non-hydrogen) atoms. The fraction of sp³-hybridized carbons (Fsp3) is 0.250. The smallest absolute Gasteiger partial charge is 0.353 e. The molecule has 2 amide bonds. The molecule has 2 aliphatic heterocycles. The molecule has 166 valence electrons. The molecular weight excluding hydrogens is 462 g/mol. The zero-order chi connectivity index (χ0) is 23.0. The van der Waals surface area contributed by atoms with Crippen LogP contribution in [0.15, 0.2) is 32.9 Å². The number of carboxylic acids is 1. The Balaban J connectivity index is 1.52. The average Bonchev–Trinajstić information content (AvgIpc) is 3.19. The summed E-state index contributed by atoms with van der Waals surface area (Å²) in [4.78, 5) is 42.5. The van der Waals surface area contributed by atoms with E-state index in [1.165, 1.54) is 6.07 Å². The molecule has 1 unspecified atom stereocenters. The summed E-state index contributed by atoms with van der Waals surface area (Å²) in [7, 11) is 0. The zero-order valence-electron chi connectivity index (χ0n) is 16.0. The molecule has 0 aliphatic carbocycles. The van der Waals surface area contributed by atoms with Crippen molar-refractivity contribution in [1.29, 1.82) is 0 Å². The van der Waals surface area contributed by atoms with Gasteiger partial charge in [0.1, 0.15) is 22.6 Å². The van der Waals surface area contributed by atoms with E-state index in [2.05, 4.69) is 30.0 Å². The number of hydrogen-bond acceptors (Lipinski definition) is 13. The van der Waals surface area contributed by atoms with E-state index in [-0.39, 0.29) is 22.5 Å². The summed E-state index contributed by atoms with van der Waals surface area (Å²) in [6, 6.07) is 1.56.